The molecule has 1 aliphatic carbocycles. The Morgan fingerprint density at radius 1 is 1.34 bits per heavy atom. The van der Waals surface area contributed by atoms with Gasteiger partial charge in [-0.1, -0.05) is 6.07 Å². The number of amides is 1. The lowest BCUT2D eigenvalue weighted by molar-refractivity contribution is 0.0362. The quantitative estimate of drug-likeness (QED) is 0.627. The SMILES string of the molecule is O=C(OCC1CCNCC1)N1CCC(F)(CNC2CC2c2ccc(Br)nc2)CC1. The van der Waals surface area contributed by atoms with Gasteiger partial charge in [-0.15, -0.1) is 0 Å². The number of rotatable bonds is 6. The number of hydrogen-bond acceptors (Lipinski definition) is 5. The predicted molar refractivity (Wildman–Crippen MR) is 113 cm³/mol. The van der Waals surface area contributed by atoms with Crippen molar-refractivity contribution in [3.8, 4) is 0 Å². The van der Waals surface area contributed by atoms with Crippen molar-refractivity contribution in [2.45, 2.75) is 49.7 Å². The smallest absolute Gasteiger partial charge is 0.409 e. The van der Waals surface area contributed by atoms with Crippen molar-refractivity contribution < 1.29 is 13.9 Å². The zero-order chi connectivity index (χ0) is 20.3. The van der Waals surface area contributed by atoms with E-state index in [9.17, 15) is 4.79 Å². The topological polar surface area (TPSA) is 66.5 Å². The van der Waals surface area contributed by atoms with Crippen molar-refractivity contribution in [3.05, 3.63) is 28.5 Å². The van der Waals surface area contributed by atoms with Gasteiger partial charge in [0.2, 0.25) is 0 Å². The number of piperidine rings is 2. The molecular weight excluding hydrogens is 439 g/mol. The Hall–Kier alpha value is -1.25. The second-order valence-corrected chi connectivity index (χ2v) is 9.46. The Labute approximate surface area is 180 Å². The minimum Gasteiger partial charge on any atom is -0.449 e. The highest BCUT2D eigenvalue weighted by atomic mass is 79.9. The maximum Gasteiger partial charge on any atom is 0.409 e. The number of hydrogen-bond donors (Lipinski definition) is 2. The van der Waals surface area contributed by atoms with Gasteiger partial charge >= 0.3 is 6.09 Å². The summed E-state index contributed by atoms with van der Waals surface area (Å²) >= 11 is 3.35. The maximum atomic E-state index is 15.2. The van der Waals surface area contributed by atoms with Gasteiger partial charge in [-0.3, -0.25) is 0 Å². The first-order valence-corrected chi connectivity index (χ1v) is 11.5. The highest BCUT2D eigenvalue weighted by molar-refractivity contribution is 9.10. The average molecular weight is 469 g/mol. The lowest BCUT2D eigenvalue weighted by Crippen LogP contribution is -2.49. The van der Waals surface area contributed by atoms with Crippen LogP contribution < -0.4 is 10.6 Å². The van der Waals surface area contributed by atoms with Crippen LogP contribution in [0.25, 0.3) is 0 Å². The predicted octanol–water partition coefficient (Wildman–Crippen LogP) is 3.23. The Balaban J connectivity index is 1.16. The van der Waals surface area contributed by atoms with Gasteiger partial charge in [-0.2, -0.15) is 0 Å². The van der Waals surface area contributed by atoms with Crippen molar-refractivity contribution in [2.75, 3.05) is 39.3 Å². The summed E-state index contributed by atoms with van der Waals surface area (Å²) in [7, 11) is 0. The van der Waals surface area contributed by atoms with Gasteiger partial charge in [0.25, 0.3) is 0 Å². The van der Waals surface area contributed by atoms with Crippen LogP contribution in [-0.4, -0.2) is 67.0 Å². The third-order valence-corrected chi connectivity index (χ3v) is 6.94. The Morgan fingerprint density at radius 3 is 2.79 bits per heavy atom. The van der Waals surface area contributed by atoms with Gasteiger partial charge in [-0.25, -0.2) is 14.2 Å². The molecule has 1 amide bonds. The average Bonchev–Trinajstić information content (AvgIpc) is 3.52. The number of alkyl halides is 1. The van der Waals surface area contributed by atoms with E-state index in [0.717, 1.165) is 37.0 Å². The fourth-order valence-corrected chi connectivity index (χ4v) is 4.54. The largest absolute Gasteiger partial charge is 0.449 e. The van der Waals surface area contributed by atoms with Crippen LogP contribution in [0, 0.1) is 5.92 Å². The van der Waals surface area contributed by atoms with Gasteiger partial charge < -0.3 is 20.3 Å². The van der Waals surface area contributed by atoms with Crippen LogP contribution in [0.5, 0.6) is 0 Å². The van der Waals surface area contributed by atoms with E-state index >= 15 is 4.39 Å². The van der Waals surface area contributed by atoms with Gasteiger partial charge in [0.05, 0.1) is 6.61 Å². The number of halogens is 2. The van der Waals surface area contributed by atoms with Crippen LogP contribution in [0.2, 0.25) is 0 Å². The molecule has 0 spiro atoms. The zero-order valence-corrected chi connectivity index (χ0v) is 18.3. The van der Waals surface area contributed by atoms with E-state index in [2.05, 4.69) is 37.6 Å². The lowest BCUT2D eigenvalue weighted by Gasteiger charge is -2.36. The van der Waals surface area contributed by atoms with E-state index in [-0.39, 0.29) is 6.09 Å². The molecule has 6 nitrogen and oxygen atoms in total. The number of aromatic nitrogens is 1. The molecule has 0 bridgehead atoms. The fraction of sp³-hybridized carbons (Fsp3) is 0.714. The molecule has 3 heterocycles. The van der Waals surface area contributed by atoms with Crippen LogP contribution in [0.3, 0.4) is 0 Å². The highest BCUT2D eigenvalue weighted by Crippen LogP contribution is 2.41. The standard InChI is InChI=1S/C21H30BrFN4O2/c22-19-2-1-16(12-25-19)17-11-18(17)26-14-21(23)5-9-27(10-6-21)20(28)29-13-15-3-7-24-8-4-15/h1-2,12,15,17-18,24,26H,3-11,13-14H2. The molecule has 1 aromatic heterocycles. The van der Waals surface area contributed by atoms with Gasteiger partial charge in [0.1, 0.15) is 10.3 Å². The second kappa shape index (κ2) is 9.27. The number of nitrogens with one attached hydrogen (secondary N) is 2. The summed E-state index contributed by atoms with van der Waals surface area (Å²) in [5.74, 6) is 0.867. The van der Waals surface area contributed by atoms with Gasteiger partial charge in [0, 0.05) is 50.6 Å². The van der Waals surface area contributed by atoms with E-state index in [1.807, 2.05) is 12.3 Å². The molecule has 4 rings (SSSR count). The van der Waals surface area contributed by atoms with Crippen LogP contribution in [0.4, 0.5) is 9.18 Å². The van der Waals surface area contributed by atoms with Crippen LogP contribution >= 0.6 is 15.9 Å². The molecule has 160 valence electrons. The third kappa shape index (κ3) is 5.67. The highest BCUT2D eigenvalue weighted by Gasteiger charge is 2.42. The first kappa shape index (κ1) is 21.0. The molecule has 3 aliphatic rings. The summed E-state index contributed by atoms with van der Waals surface area (Å²) in [4.78, 5) is 18.2. The molecule has 2 aliphatic heterocycles. The van der Waals surface area contributed by atoms with E-state index in [0.29, 0.717) is 57.0 Å². The molecule has 3 fully saturated rings. The van der Waals surface area contributed by atoms with E-state index in [4.69, 9.17) is 4.74 Å². The molecule has 8 heteroatoms. The molecular formula is C21H30BrFN4O2. The lowest BCUT2D eigenvalue weighted by atomic mass is 9.93. The van der Waals surface area contributed by atoms with Crippen LogP contribution in [0.1, 0.15) is 43.6 Å². The molecule has 29 heavy (non-hydrogen) atoms. The van der Waals surface area contributed by atoms with Crippen LogP contribution in [-0.2, 0) is 4.74 Å². The summed E-state index contributed by atoms with van der Waals surface area (Å²) in [6.45, 7) is 3.65. The summed E-state index contributed by atoms with van der Waals surface area (Å²) in [6, 6.07) is 4.34. The summed E-state index contributed by atoms with van der Waals surface area (Å²) in [5.41, 5.74) is -0.0541. The number of nitrogens with zero attached hydrogens (tertiary/aromatic N) is 2. The van der Waals surface area contributed by atoms with Crippen molar-refractivity contribution in [1.82, 2.24) is 20.5 Å². The Morgan fingerprint density at radius 2 is 2.10 bits per heavy atom. The molecule has 2 saturated heterocycles. The third-order valence-electron chi connectivity index (χ3n) is 6.47. The molecule has 2 unspecified atom stereocenters. The van der Waals surface area contributed by atoms with Crippen LogP contribution in [0.15, 0.2) is 22.9 Å². The van der Waals surface area contributed by atoms with E-state index in [1.165, 1.54) is 5.56 Å². The minimum atomic E-state index is -1.25. The van der Waals surface area contributed by atoms with Crippen molar-refractivity contribution in [3.63, 3.8) is 0 Å². The number of carbonyl (C=O) groups excluding carboxylic acids is 1. The zero-order valence-electron chi connectivity index (χ0n) is 16.7. The molecule has 2 N–H and O–H groups in total. The number of likely N-dealkylation sites (tertiary alicyclic amines) is 1. The monoisotopic (exact) mass is 468 g/mol. The Kier molecular flexibility index (Phi) is 6.71. The number of ether oxygens (including phenoxy) is 1. The second-order valence-electron chi connectivity index (χ2n) is 8.65. The van der Waals surface area contributed by atoms with E-state index < -0.39 is 5.67 Å². The molecule has 1 aromatic rings. The molecule has 1 saturated carbocycles. The summed E-state index contributed by atoms with van der Waals surface area (Å²) in [5, 5.41) is 6.70. The maximum absolute atomic E-state index is 15.2. The molecule has 0 aromatic carbocycles. The minimum absolute atomic E-state index is 0.288. The normalized spacial score (nSPS) is 26.9. The van der Waals surface area contributed by atoms with Crippen molar-refractivity contribution in [1.29, 1.82) is 0 Å². The van der Waals surface area contributed by atoms with Gasteiger partial charge in [-0.05, 0) is 65.8 Å². The molecule has 0 radical (unpaired) electrons. The fourth-order valence-electron chi connectivity index (χ4n) is 4.31. The number of carbonyl (C=O) groups is 1. The first-order chi connectivity index (χ1) is 14.0. The first-order valence-electron chi connectivity index (χ1n) is 10.7. The summed E-state index contributed by atoms with van der Waals surface area (Å²) in [6.07, 6.45) is 5.43. The molecule has 2 atom stereocenters. The van der Waals surface area contributed by atoms with Crippen molar-refractivity contribution in [2.24, 2.45) is 5.92 Å². The van der Waals surface area contributed by atoms with Crippen molar-refractivity contribution >= 4 is 22.0 Å². The summed E-state index contributed by atoms with van der Waals surface area (Å²) < 4.78 is 21.5. The number of pyridine rings is 1. The van der Waals surface area contributed by atoms with E-state index in [1.54, 1.807) is 4.90 Å². The van der Waals surface area contributed by atoms with Gasteiger partial charge in [0.15, 0.2) is 0 Å². The Bertz CT molecular complexity index is 690.